The van der Waals surface area contributed by atoms with E-state index in [2.05, 4.69) is 14.9 Å². The van der Waals surface area contributed by atoms with Crippen LogP contribution >= 0.6 is 0 Å². The van der Waals surface area contributed by atoms with Gasteiger partial charge in [0.1, 0.15) is 11.2 Å². The number of carboxylic acids is 1. The highest BCUT2D eigenvalue weighted by atomic mass is 16.4. The Morgan fingerprint density at radius 1 is 1.31 bits per heavy atom. The molecule has 1 saturated heterocycles. The summed E-state index contributed by atoms with van der Waals surface area (Å²) in [6.07, 6.45) is 2.34. The Morgan fingerprint density at radius 2 is 2.08 bits per heavy atom. The summed E-state index contributed by atoms with van der Waals surface area (Å²) in [6.45, 7) is 3.54. The molecule has 0 unspecified atom stereocenters. The van der Waals surface area contributed by atoms with E-state index in [1.54, 1.807) is 6.20 Å². The number of likely N-dealkylation sites (tertiary alicyclic amines) is 1. The maximum Gasteiger partial charge on any atom is 0.312 e. The monoisotopic (exact) mass is 355 g/mol. The van der Waals surface area contributed by atoms with Crippen molar-refractivity contribution in [1.29, 1.82) is 0 Å². The van der Waals surface area contributed by atoms with E-state index in [0.717, 1.165) is 23.5 Å². The lowest BCUT2D eigenvalue weighted by molar-refractivity contribution is -0.163. The number of aliphatic hydroxyl groups is 1. The van der Waals surface area contributed by atoms with Gasteiger partial charge in [-0.3, -0.25) is 9.69 Å². The predicted molar refractivity (Wildman–Crippen MR) is 97.5 cm³/mol. The topological polar surface area (TPSA) is 86.6 Å². The summed E-state index contributed by atoms with van der Waals surface area (Å²) in [4.78, 5) is 22.8. The Balaban J connectivity index is 1.71. The SMILES string of the molecule is CCc1nccc(CN2CC[C@](Cc3ccccc3)(C(=O)O)[C@@H](O)C2)n1. The zero-order valence-corrected chi connectivity index (χ0v) is 15.0. The molecule has 1 aromatic heterocycles. The second-order valence-corrected chi connectivity index (χ2v) is 6.94. The number of benzene rings is 1. The van der Waals surface area contributed by atoms with Gasteiger partial charge in [-0.05, 0) is 31.0 Å². The van der Waals surface area contributed by atoms with Crippen LogP contribution in [0, 0.1) is 5.41 Å². The summed E-state index contributed by atoms with van der Waals surface area (Å²) < 4.78 is 0. The Bertz CT molecular complexity index is 753. The van der Waals surface area contributed by atoms with Crippen LogP contribution in [0.5, 0.6) is 0 Å². The molecular weight excluding hydrogens is 330 g/mol. The number of carboxylic acid groups (broad SMARTS) is 1. The third-order valence-electron chi connectivity index (χ3n) is 5.20. The van der Waals surface area contributed by atoms with Crippen molar-refractivity contribution < 1.29 is 15.0 Å². The molecule has 0 bridgehead atoms. The van der Waals surface area contributed by atoms with E-state index < -0.39 is 17.5 Å². The van der Waals surface area contributed by atoms with Gasteiger partial charge in [-0.1, -0.05) is 37.3 Å². The molecule has 3 rings (SSSR count). The number of hydrogen-bond acceptors (Lipinski definition) is 5. The standard InChI is InChI=1S/C20H25N3O3/c1-2-18-21-10-8-16(22-18)13-23-11-9-20(19(25)26,17(24)14-23)12-15-6-4-3-5-7-15/h3-8,10,17,24H,2,9,11-14H2,1H3,(H,25,26)/t17-,20+/m0/s1. The highest BCUT2D eigenvalue weighted by molar-refractivity contribution is 5.76. The van der Waals surface area contributed by atoms with Gasteiger partial charge in [0.2, 0.25) is 0 Å². The van der Waals surface area contributed by atoms with Crippen LogP contribution in [0.2, 0.25) is 0 Å². The Hall–Kier alpha value is -2.31. The first-order chi connectivity index (χ1) is 12.5. The fraction of sp³-hybridized carbons (Fsp3) is 0.450. The molecule has 0 spiro atoms. The molecule has 0 radical (unpaired) electrons. The first-order valence-electron chi connectivity index (χ1n) is 9.02. The lowest BCUT2D eigenvalue weighted by Gasteiger charge is -2.42. The summed E-state index contributed by atoms with van der Waals surface area (Å²) >= 11 is 0. The minimum absolute atomic E-state index is 0.324. The molecular formula is C20H25N3O3. The van der Waals surface area contributed by atoms with Crippen LogP contribution in [-0.2, 0) is 24.2 Å². The zero-order valence-electron chi connectivity index (χ0n) is 15.0. The molecule has 1 aromatic carbocycles. The normalized spacial score (nSPS) is 23.7. The zero-order chi connectivity index (χ0) is 18.6. The molecule has 2 N–H and O–H groups in total. The molecule has 0 amide bonds. The summed E-state index contributed by atoms with van der Waals surface area (Å²) in [6, 6.07) is 11.4. The summed E-state index contributed by atoms with van der Waals surface area (Å²) in [7, 11) is 0. The van der Waals surface area contributed by atoms with Crippen molar-refractivity contribution >= 4 is 5.97 Å². The Labute approximate surface area is 153 Å². The molecule has 2 atom stereocenters. The van der Waals surface area contributed by atoms with Crippen LogP contribution in [0.4, 0.5) is 0 Å². The number of β-amino-alcohol motifs (C(OH)–C–C–N with tert-alkyl or cyclic N) is 1. The lowest BCUT2D eigenvalue weighted by Crippen LogP contribution is -2.55. The van der Waals surface area contributed by atoms with Crippen LogP contribution < -0.4 is 0 Å². The fourth-order valence-corrected chi connectivity index (χ4v) is 3.60. The molecule has 26 heavy (non-hydrogen) atoms. The van der Waals surface area contributed by atoms with E-state index >= 15 is 0 Å². The summed E-state index contributed by atoms with van der Waals surface area (Å²) in [5.74, 6) is -0.132. The van der Waals surface area contributed by atoms with Gasteiger partial charge in [0.05, 0.1) is 11.8 Å². The van der Waals surface area contributed by atoms with E-state index in [9.17, 15) is 15.0 Å². The van der Waals surface area contributed by atoms with Gasteiger partial charge in [-0.15, -0.1) is 0 Å². The largest absolute Gasteiger partial charge is 0.481 e. The highest BCUT2D eigenvalue weighted by Crippen LogP contribution is 2.36. The van der Waals surface area contributed by atoms with Gasteiger partial charge in [0.25, 0.3) is 0 Å². The van der Waals surface area contributed by atoms with Gasteiger partial charge in [-0.25, -0.2) is 9.97 Å². The summed E-state index contributed by atoms with van der Waals surface area (Å²) in [5, 5.41) is 20.6. The average Bonchev–Trinajstić information content (AvgIpc) is 2.65. The van der Waals surface area contributed by atoms with Crippen molar-refractivity contribution in [3.8, 4) is 0 Å². The average molecular weight is 355 g/mol. The minimum atomic E-state index is -1.14. The molecule has 138 valence electrons. The van der Waals surface area contributed by atoms with E-state index in [4.69, 9.17) is 0 Å². The molecule has 6 nitrogen and oxygen atoms in total. The second-order valence-electron chi connectivity index (χ2n) is 6.94. The van der Waals surface area contributed by atoms with Gasteiger partial charge in [0, 0.05) is 25.7 Å². The van der Waals surface area contributed by atoms with Crippen molar-refractivity contribution in [2.45, 2.75) is 38.8 Å². The summed E-state index contributed by atoms with van der Waals surface area (Å²) in [5.41, 5.74) is 0.693. The number of piperidine rings is 1. The lowest BCUT2D eigenvalue weighted by atomic mass is 9.71. The number of rotatable bonds is 6. The third kappa shape index (κ3) is 3.92. The maximum atomic E-state index is 12.0. The van der Waals surface area contributed by atoms with Crippen molar-refractivity contribution in [3.63, 3.8) is 0 Å². The van der Waals surface area contributed by atoms with Crippen molar-refractivity contribution in [1.82, 2.24) is 14.9 Å². The van der Waals surface area contributed by atoms with Crippen LogP contribution in [-0.4, -0.2) is 50.2 Å². The Kier molecular flexibility index (Phi) is 5.64. The number of aromatic nitrogens is 2. The van der Waals surface area contributed by atoms with Gasteiger partial charge >= 0.3 is 5.97 Å². The van der Waals surface area contributed by atoms with Crippen LogP contribution in [0.1, 0.15) is 30.4 Å². The third-order valence-corrected chi connectivity index (χ3v) is 5.20. The van der Waals surface area contributed by atoms with Crippen molar-refractivity contribution in [3.05, 3.63) is 59.7 Å². The fourth-order valence-electron chi connectivity index (χ4n) is 3.60. The molecule has 1 aliphatic heterocycles. The molecule has 6 heteroatoms. The maximum absolute atomic E-state index is 12.0. The number of aliphatic hydroxyl groups excluding tert-OH is 1. The smallest absolute Gasteiger partial charge is 0.312 e. The van der Waals surface area contributed by atoms with Crippen LogP contribution in [0.3, 0.4) is 0 Å². The first-order valence-corrected chi connectivity index (χ1v) is 9.02. The van der Waals surface area contributed by atoms with Gasteiger partial charge in [0.15, 0.2) is 0 Å². The number of aliphatic carboxylic acids is 1. The van der Waals surface area contributed by atoms with E-state index in [0.29, 0.717) is 32.5 Å². The number of hydrogen-bond donors (Lipinski definition) is 2. The van der Waals surface area contributed by atoms with Gasteiger partial charge in [-0.2, -0.15) is 0 Å². The highest BCUT2D eigenvalue weighted by Gasteiger charge is 2.48. The second kappa shape index (κ2) is 7.93. The quantitative estimate of drug-likeness (QED) is 0.823. The first kappa shape index (κ1) is 18.5. The molecule has 1 fully saturated rings. The molecule has 1 aliphatic rings. The predicted octanol–water partition coefficient (Wildman–Crippen LogP) is 1.92. The van der Waals surface area contributed by atoms with E-state index in [1.165, 1.54) is 0 Å². The van der Waals surface area contributed by atoms with E-state index in [1.807, 2.05) is 43.3 Å². The number of nitrogens with zero attached hydrogens (tertiary/aromatic N) is 3. The van der Waals surface area contributed by atoms with Crippen LogP contribution in [0.25, 0.3) is 0 Å². The van der Waals surface area contributed by atoms with Gasteiger partial charge < -0.3 is 10.2 Å². The molecule has 0 saturated carbocycles. The van der Waals surface area contributed by atoms with Crippen molar-refractivity contribution in [2.75, 3.05) is 13.1 Å². The molecule has 0 aliphatic carbocycles. The molecule has 2 aromatic rings. The number of carbonyl (C=O) groups is 1. The van der Waals surface area contributed by atoms with Crippen LogP contribution in [0.15, 0.2) is 42.6 Å². The van der Waals surface area contributed by atoms with E-state index in [-0.39, 0.29) is 0 Å². The van der Waals surface area contributed by atoms with Crippen molar-refractivity contribution in [2.24, 2.45) is 5.41 Å². The molecule has 2 heterocycles. The minimum Gasteiger partial charge on any atom is -0.481 e. The number of aryl methyl sites for hydroxylation is 1. The Morgan fingerprint density at radius 3 is 2.73 bits per heavy atom.